The second-order valence-corrected chi connectivity index (χ2v) is 7.26. The van der Waals surface area contributed by atoms with Crippen molar-refractivity contribution in [1.82, 2.24) is 9.62 Å². The topological polar surface area (TPSA) is 66.5 Å². The van der Waals surface area contributed by atoms with Crippen LogP contribution in [0.15, 0.2) is 47.4 Å². The van der Waals surface area contributed by atoms with Gasteiger partial charge < -0.3 is 5.32 Å². The molecule has 0 saturated carbocycles. The van der Waals surface area contributed by atoms with E-state index in [1.165, 1.54) is 31.2 Å². The summed E-state index contributed by atoms with van der Waals surface area (Å²) in [6.45, 7) is 0.752. The molecule has 0 aliphatic heterocycles. The predicted octanol–water partition coefficient (Wildman–Crippen LogP) is 2.43. The van der Waals surface area contributed by atoms with Crippen LogP contribution in [0.25, 0.3) is 0 Å². The van der Waals surface area contributed by atoms with Gasteiger partial charge in [-0.25, -0.2) is 21.6 Å². The van der Waals surface area contributed by atoms with Crippen molar-refractivity contribution in [3.05, 3.63) is 65.5 Å². The molecule has 5 nitrogen and oxygen atoms in total. The van der Waals surface area contributed by atoms with Crippen molar-refractivity contribution in [3.63, 3.8) is 0 Å². The third-order valence-electron chi connectivity index (χ3n) is 3.59. The van der Waals surface area contributed by atoms with E-state index in [2.05, 4.69) is 5.32 Å². The van der Waals surface area contributed by atoms with Crippen molar-refractivity contribution in [2.75, 3.05) is 13.1 Å². The number of carbonyl (C=O) groups is 1. The van der Waals surface area contributed by atoms with E-state index in [9.17, 15) is 26.4 Å². The van der Waals surface area contributed by atoms with Crippen LogP contribution in [0.3, 0.4) is 0 Å². The fraction of sp³-hybridized carbons (Fsp3) is 0.235. The Bertz CT molecular complexity index is 866. The molecule has 0 aliphatic rings. The summed E-state index contributed by atoms with van der Waals surface area (Å²) in [5, 5.41) is 2.48. The fourth-order valence-electron chi connectivity index (χ4n) is 2.24. The minimum atomic E-state index is -4.52. The average Bonchev–Trinajstić information content (AvgIpc) is 2.58. The van der Waals surface area contributed by atoms with Crippen LogP contribution in [0, 0.1) is 17.5 Å². The third kappa shape index (κ3) is 4.61. The summed E-state index contributed by atoms with van der Waals surface area (Å²) < 4.78 is 66.1. The van der Waals surface area contributed by atoms with Gasteiger partial charge >= 0.3 is 0 Å². The van der Waals surface area contributed by atoms with E-state index in [1.807, 2.05) is 0 Å². The first-order valence-electron chi connectivity index (χ1n) is 7.71. The molecule has 0 atom stereocenters. The zero-order valence-corrected chi connectivity index (χ0v) is 14.7. The lowest BCUT2D eigenvalue weighted by molar-refractivity contribution is -0.121. The first kappa shape index (κ1) is 19.9. The number of carbonyl (C=O) groups excluding carboxylic acids is 1. The van der Waals surface area contributed by atoms with Crippen molar-refractivity contribution in [3.8, 4) is 0 Å². The van der Waals surface area contributed by atoms with Crippen molar-refractivity contribution < 1.29 is 26.4 Å². The molecule has 0 spiro atoms. The van der Waals surface area contributed by atoms with E-state index in [-0.39, 0.29) is 13.1 Å². The van der Waals surface area contributed by atoms with Crippen LogP contribution < -0.4 is 5.32 Å². The maximum absolute atomic E-state index is 13.8. The van der Waals surface area contributed by atoms with Gasteiger partial charge in [-0.2, -0.15) is 4.31 Å². The van der Waals surface area contributed by atoms with E-state index < -0.39 is 44.8 Å². The van der Waals surface area contributed by atoms with E-state index in [1.54, 1.807) is 0 Å². The number of hydrogen-bond acceptors (Lipinski definition) is 3. The minimum absolute atomic E-state index is 0.0603. The van der Waals surface area contributed by atoms with Gasteiger partial charge in [-0.3, -0.25) is 4.79 Å². The van der Waals surface area contributed by atoms with Crippen LogP contribution >= 0.6 is 0 Å². The number of halogens is 3. The molecule has 0 unspecified atom stereocenters. The lowest BCUT2D eigenvalue weighted by atomic mass is 10.2. The van der Waals surface area contributed by atoms with E-state index in [0.29, 0.717) is 9.87 Å². The summed E-state index contributed by atoms with van der Waals surface area (Å²) in [5.41, 5.74) is 0.616. The highest BCUT2D eigenvalue weighted by molar-refractivity contribution is 7.89. The monoisotopic (exact) mass is 386 g/mol. The zero-order chi connectivity index (χ0) is 19.3. The Morgan fingerprint density at radius 1 is 1.04 bits per heavy atom. The smallest absolute Gasteiger partial charge is 0.249 e. The largest absolute Gasteiger partial charge is 0.351 e. The summed E-state index contributed by atoms with van der Waals surface area (Å²) in [7, 11) is -4.52. The highest BCUT2D eigenvalue weighted by atomic mass is 32.2. The molecule has 9 heteroatoms. The Labute approximate surface area is 149 Å². The Morgan fingerprint density at radius 2 is 1.62 bits per heavy atom. The average molecular weight is 386 g/mol. The third-order valence-corrected chi connectivity index (χ3v) is 5.57. The molecular formula is C17H17F3N2O3S. The molecule has 140 valence electrons. The SMILES string of the molecule is CCN(CC(=O)NCc1ccc(F)cc1)S(=O)(=O)c1c(F)cccc1F. The number of nitrogens with one attached hydrogen (secondary N) is 1. The molecule has 0 heterocycles. The summed E-state index contributed by atoms with van der Waals surface area (Å²) in [6.07, 6.45) is 0. The maximum Gasteiger partial charge on any atom is 0.249 e. The molecule has 0 bridgehead atoms. The molecular weight excluding hydrogens is 369 g/mol. The van der Waals surface area contributed by atoms with Gasteiger partial charge in [0.15, 0.2) is 4.90 Å². The van der Waals surface area contributed by atoms with Crippen LogP contribution in [0.5, 0.6) is 0 Å². The second-order valence-electron chi connectivity index (χ2n) is 5.39. The number of amides is 1. The van der Waals surface area contributed by atoms with Crippen molar-refractivity contribution in [2.24, 2.45) is 0 Å². The van der Waals surface area contributed by atoms with E-state index >= 15 is 0 Å². The highest BCUT2D eigenvalue weighted by Gasteiger charge is 2.31. The molecule has 2 aromatic carbocycles. The van der Waals surface area contributed by atoms with Crippen LogP contribution in [-0.2, 0) is 21.4 Å². The van der Waals surface area contributed by atoms with Gasteiger partial charge in [0, 0.05) is 13.1 Å². The first-order valence-corrected chi connectivity index (χ1v) is 9.15. The minimum Gasteiger partial charge on any atom is -0.351 e. The Kier molecular flexibility index (Phi) is 6.38. The lowest BCUT2D eigenvalue weighted by Gasteiger charge is -2.20. The molecule has 1 N–H and O–H groups in total. The molecule has 1 amide bonds. The van der Waals surface area contributed by atoms with E-state index in [0.717, 1.165) is 18.2 Å². The number of hydrogen-bond donors (Lipinski definition) is 1. The van der Waals surface area contributed by atoms with Gasteiger partial charge in [0.05, 0.1) is 6.54 Å². The Morgan fingerprint density at radius 3 is 2.15 bits per heavy atom. The van der Waals surface area contributed by atoms with Crippen molar-refractivity contribution in [2.45, 2.75) is 18.4 Å². The number of benzene rings is 2. The summed E-state index contributed by atoms with van der Waals surface area (Å²) in [6, 6.07) is 8.11. The van der Waals surface area contributed by atoms with Gasteiger partial charge in [0.1, 0.15) is 17.5 Å². The highest BCUT2D eigenvalue weighted by Crippen LogP contribution is 2.22. The van der Waals surface area contributed by atoms with Crippen LogP contribution in [-0.4, -0.2) is 31.7 Å². The van der Waals surface area contributed by atoms with Crippen molar-refractivity contribution >= 4 is 15.9 Å². The quantitative estimate of drug-likeness (QED) is 0.795. The Hall–Kier alpha value is -2.39. The molecule has 2 aromatic rings. The molecule has 2 rings (SSSR count). The van der Waals surface area contributed by atoms with Crippen molar-refractivity contribution in [1.29, 1.82) is 0 Å². The fourth-order valence-corrected chi connectivity index (χ4v) is 3.76. The summed E-state index contributed by atoms with van der Waals surface area (Å²) in [5.74, 6) is -3.53. The summed E-state index contributed by atoms with van der Waals surface area (Å²) in [4.78, 5) is 10.9. The maximum atomic E-state index is 13.8. The molecule has 0 saturated heterocycles. The van der Waals surface area contributed by atoms with Gasteiger partial charge in [0.2, 0.25) is 15.9 Å². The second kappa shape index (κ2) is 8.33. The molecule has 0 aromatic heterocycles. The van der Waals surface area contributed by atoms with E-state index in [4.69, 9.17) is 0 Å². The lowest BCUT2D eigenvalue weighted by Crippen LogP contribution is -2.40. The standard InChI is InChI=1S/C17H17F3N2O3S/c1-2-22(26(24,25)17-14(19)4-3-5-15(17)20)11-16(23)21-10-12-6-8-13(18)9-7-12/h3-9H,2,10-11H2,1H3,(H,21,23). The summed E-state index contributed by atoms with van der Waals surface area (Å²) >= 11 is 0. The van der Waals surface area contributed by atoms with Crippen LogP contribution in [0.4, 0.5) is 13.2 Å². The van der Waals surface area contributed by atoms with Crippen LogP contribution in [0.1, 0.15) is 12.5 Å². The number of rotatable bonds is 7. The van der Waals surface area contributed by atoms with Gasteiger partial charge in [-0.1, -0.05) is 25.1 Å². The number of likely N-dealkylation sites (N-methyl/N-ethyl adjacent to an activating group) is 1. The molecule has 0 radical (unpaired) electrons. The van der Waals surface area contributed by atoms with Gasteiger partial charge in [-0.05, 0) is 29.8 Å². The number of sulfonamides is 1. The van der Waals surface area contributed by atoms with Gasteiger partial charge in [-0.15, -0.1) is 0 Å². The van der Waals surface area contributed by atoms with Crippen LogP contribution in [0.2, 0.25) is 0 Å². The molecule has 0 fully saturated rings. The predicted molar refractivity (Wildman–Crippen MR) is 89.0 cm³/mol. The van der Waals surface area contributed by atoms with Gasteiger partial charge in [0.25, 0.3) is 0 Å². The molecule has 26 heavy (non-hydrogen) atoms. The number of nitrogens with zero attached hydrogens (tertiary/aromatic N) is 1. The molecule has 0 aliphatic carbocycles. The zero-order valence-electron chi connectivity index (χ0n) is 13.9. The first-order chi connectivity index (χ1) is 12.3. The normalized spacial score (nSPS) is 11.6. The Balaban J connectivity index is 2.10.